The Morgan fingerprint density at radius 3 is 2.48 bits per heavy atom. The first-order valence-corrected chi connectivity index (χ1v) is 7.72. The van der Waals surface area contributed by atoms with Crippen molar-refractivity contribution < 1.29 is 14.3 Å². The minimum Gasteiger partial charge on any atom is -0.497 e. The van der Waals surface area contributed by atoms with Crippen LogP contribution in [0, 0.1) is 0 Å². The second kappa shape index (κ2) is 10.0. The van der Waals surface area contributed by atoms with Crippen molar-refractivity contribution in [1.29, 1.82) is 0 Å². The van der Waals surface area contributed by atoms with Gasteiger partial charge in [-0.2, -0.15) is 0 Å². The molecule has 0 spiro atoms. The molecule has 1 aromatic rings. The van der Waals surface area contributed by atoms with Crippen molar-refractivity contribution in [2.24, 2.45) is 0 Å². The zero-order valence-electron chi connectivity index (χ0n) is 13.3. The van der Waals surface area contributed by atoms with Crippen LogP contribution in [0.25, 0.3) is 6.08 Å². The van der Waals surface area contributed by atoms with Crippen LogP contribution in [-0.4, -0.2) is 19.2 Å². The van der Waals surface area contributed by atoms with E-state index in [2.05, 4.69) is 13.8 Å². The Hall–Kier alpha value is -1.77. The Kier molecular flexibility index (Phi) is 8.25. The second-order valence-corrected chi connectivity index (χ2v) is 5.07. The molecule has 1 rings (SSSR count). The van der Waals surface area contributed by atoms with E-state index >= 15 is 0 Å². The van der Waals surface area contributed by atoms with Crippen LogP contribution in [0.3, 0.4) is 0 Å². The predicted octanol–water partition coefficient (Wildman–Crippen LogP) is 4.61. The molecule has 1 aromatic carbocycles. The third kappa shape index (κ3) is 6.98. The lowest BCUT2D eigenvalue weighted by molar-refractivity contribution is -0.143. The lowest BCUT2D eigenvalue weighted by atomic mass is 10.1. The highest BCUT2D eigenvalue weighted by Gasteiger charge is 2.09. The molecule has 0 radical (unpaired) electrons. The number of hydrogen-bond donors (Lipinski definition) is 0. The lowest BCUT2D eigenvalue weighted by Gasteiger charge is -2.14. The summed E-state index contributed by atoms with van der Waals surface area (Å²) < 4.78 is 10.6. The van der Waals surface area contributed by atoms with Gasteiger partial charge in [0, 0.05) is 6.08 Å². The number of ether oxygens (including phenoxy) is 2. The molecular formula is C18H26O3. The average molecular weight is 290 g/mol. The number of methoxy groups -OCH3 is 1. The third-order valence-corrected chi connectivity index (χ3v) is 3.40. The summed E-state index contributed by atoms with van der Waals surface area (Å²) in [5.41, 5.74) is 0.951. The summed E-state index contributed by atoms with van der Waals surface area (Å²) in [5, 5.41) is 0. The molecule has 0 fully saturated rings. The van der Waals surface area contributed by atoms with E-state index in [-0.39, 0.29) is 12.1 Å². The number of carbonyl (C=O) groups is 1. The summed E-state index contributed by atoms with van der Waals surface area (Å²) in [4.78, 5) is 11.8. The van der Waals surface area contributed by atoms with Gasteiger partial charge in [0.15, 0.2) is 0 Å². The van der Waals surface area contributed by atoms with E-state index in [1.165, 1.54) is 18.9 Å². The number of unbranched alkanes of at least 4 members (excludes halogenated alkanes) is 2. The van der Waals surface area contributed by atoms with Crippen LogP contribution in [0.15, 0.2) is 30.3 Å². The third-order valence-electron chi connectivity index (χ3n) is 3.40. The molecule has 0 heterocycles. The molecule has 0 saturated heterocycles. The largest absolute Gasteiger partial charge is 0.497 e. The Morgan fingerprint density at radius 2 is 1.90 bits per heavy atom. The first kappa shape index (κ1) is 17.3. The van der Waals surface area contributed by atoms with Gasteiger partial charge in [-0.05, 0) is 43.0 Å². The number of esters is 1. The van der Waals surface area contributed by atoms with E-state index in [1.54, 1.807) is 13.2 Å². The van der Waals surface area contributed by atoms with Gasteiger partial charge in [0.25, 0.3) is 0 Å². The first-order chi connectivity index (χ1) is 10.2. The van der Waals surface area contributed by atoms with Gasteiger partial charge < -0.3 is 9.47 Å². The van der Waals surface area contributed by atoms with Crippen LogP contribution in [0.4, 0.5) is 0 Å². The van der Waals surface area contributed by atoms with Crippen LogP contribution < -0.4 is 4.74 Å². The summed E-state index contributed by atoms with van der Waals surface area (Å²) in [7, 11) is 1.63. The normalized spacial score (nSPS) is 12.3. The molecule has 0 amide bonds. The summed E-state index contributed by atoms with van der Waals surface area (Å²) in [6, 6.07) is 7.54. The zero-order chi connectivity index (χ0) is 15.5. The maximum atomic E-state index is 11.8. The van der Waals surface area contributed by atoms with Gasteiger partial charge in [-0.25, -0.2) is 4.79 Å². The molecule has 1 atom stereocenters. The van der Waals surface area contributed by atoms with Crippen molar-refractivity contribution in [3.8, 4) is 5.75 Å². The molecule has 3 nitrogen and oxygen atoms in total. The van der Waals surface area contributed by atoms with Crippen molar-refractivity contribution in [1.82, 2.24) is 0 Å². The van der Waals surface area contributed by atoms with Crippen molar-refractivity contribution in [3.05, 3.63) is 35.9 Å². The van der Waals surface area contributed by atoms with Crippen molar-refractivity contribution in [2.45, 2.75) is 52.1 Å². The Bertz CT molecular complexity index is 434. The topological polar surface area (TPSA) is 35.5 Å². The van der Waals surface area contributed by atoms with E-state index in [1.807, 2.05) is 24.3 Å². The van der Waals surface area contributed by atoms with Gasteiger partial charge in [0.2, 0.25) is 0 Å². The van der Waals surface area contributed by atoms with Gasteiger partial charge in [0.05, 0.1) is 7.11 Å². The van der Waals surface area contributed by atoms with Gasteiger partial charge in [0.1, 0.15) is 11.9 Å². The lowest BCUT2D eigenvalue weighted by Crippen LogP contribution is -2.15. The number of carbonyl (C=O) groups excluding carboxylic acids is 1. The molecule has 21 heavy (non-hydrogen) atoms. The van der Waals surface area contributed by atoms with Crippen LogP contribution >= 0.6 is 0 Å². The SMILES string of the molecule is CCCCCC(CC)OC(=O)/C=C/c1ccc(OC)cc1. The van der Waals surface area contributed by atoms with Gasteiger partial charge >= 0.3 is 5.97 Å². The van der Waals surface area contributed by atoms with Gasteiger partial charge in [-0.15, -0.1) is 0 Å². The highest BCUT2D eigenvalue weighted by atomic mass is 16.5. The van der Waals surface area contributed by atoms with Gasteiger partial charge in [-0.3, -0.25) is 0 Å². The number of rotatable bonds is 9. The molecule has 3 heteroatoms. The van der Waals surface area contributed by atoms with Crippen LogP contribution in [0.2, 0.25) is 0 Å². The van der Waals surface area contributed by atoms with Crippen molar-refractivity contribution >= 4 is 12.0 Å². The smallest absolute Gasteiger partial charge is 0.331 e. The molecule has 0 N–H and O–H groups in total. The molecular weight excluding hydrogens is 264 g/mol. The second-order valence-electron chi connectivity index (χ2n) is 5.07. The molecule has 1 unspecified atom stereocenters. The predicted molar refractivity (Wildman–Crippen MR) is 86.3 cm³/mol. The minimum atomic E-state index is -0.269. The Labute approximate surface area is 128 Å². The fourth-order valence-corrected chi connectivity index (χ4v) is 2.05. The molecule has 116 valence electrons. The van der Waals surface area contributed by atoms with Crippen molar-refractivity contribution in [3.63, 3.8) is 0 Å². The number of hydrogen-bond acceptors (Lipinski definition) is 3. The summed E-state index contributed by atoms with van der Waals surface area (Å²) in [6.45, 7) is 4.22. The van der Waals surface area contributed by atoms with Crippen LogP contribution in [0.1, 0.15) is 51.5 Å². The molecule has 0 aliphatic heterocycles. The first-order valence-electron chi connectivity index (χ1n) is 7.72. The summed E-state index contributed by atoms with van der Waals surface area (Å²) >= 11 is 0. The average Bonchev–Trinajstić information content (AvgIpc) is 2.52. The molecule has 0 bridgehead atoms. The fraction of sp³-hybridized carbons (Fsp3) is 0.500. The summed E-state index contributed by atoms with van der Waals surface area (Å²) in [6.07, 6.45) is 8.59. The van der Waals surface area contributed by atoms with Crippen LogP contribution in [0.5, 0.6) is 5.75 Å². The summed E-state index contributed by atoms with van der Waals surface area (Å²) in [5.74, 6) is 0.533. The van der Waals surface area contributed by atoms with E-state index in [0.717, 1.165) is 30.6 Å². The highest BCUT2D eigenvalue weighted by molar-refractivity contribution is 5.87. The van der Waals surface area contributed by atoms with E-state index in [0.29, 0.717) is 0 Å². The zero-order valence-corrected chi connectivity index (χ0v) is 13.3. The van der Waals surface area contributed by atoms with Crippen molar-refractivity contribution in [2.75, 3.05) is 7.11 Å². The van der Waals surface area contributed by atoms with Crippen LogP contribution in [-0.2, 0) is 9.53 Å². The van der Waals surface area contributed by atoms with E-state index < -0.39 is 0 Å². The standard InChI is InChI=1S/C18H26O3/c1-4-6-7-8-16(5-2)21-18(19)14-11-15-9-12-17(20-3)13-10-15/h9-14,16H,4-8H2,1-3H3/b14-11+. The molecule has 0 saturated carbocycles. The minimum absolute atomic E-state index is 0.0320. The molecule has 0 aliphatic rings. The Morgan fingerprint density at radius 1 is 1.19 bits per heavy atom. The monoisotopic (exact) mass is 290 g/mol. The maximum Gasteiger partial charge on any atom is 0.331 e. The number of benzene rings is 1. The molecule has 0 aliphatic carbocycles. The molecule has 0 aromatic heterocycles. The quantitative estimate of drug-likeness (QED) is 0.378. The fourth-order valence-electron chi connectivity index (χ4n) is 2.05. The maximum absolute atomic E-state index is 11.8. The van der Waals surface area contributed by atoms with Gasteiger partial charge in [-0.1, -0.05) is 38.8 Å². The highest BCUT2D eigenvalue weighted by Crippen LogP contribution is 2.13. The van der Waals surface area contributed by atoms with E-state index in [4.69, 9.17) is 9.47 Å². The van der Waals surface area contributed by atoms with E-state index in [9.17, 15) is 4.79 Å². The Balaban J connectivity index is 2.44.